The van der Waals surface area contributed by atoms with E-state index in [0.717, 1.165) is 0 Å². The summed E-state index contributed by atoms with van der Waals surface area (Å²) in [5, 5.41) is 31.0. The number of aliphatic hydroxyl groups excluding tert-OH is 1. The Morgan fingerprint density at radius 1 is 1.27 bits per heavy atom. The molecule has 10 nitrogen and oxygen atoms in total. The van der Waals surface area contributed by atoms with E-state index >= 15 is 0 Å². The van der Waals surface area contributed by atoms with Gasteiger partial charge in [-0.1, -0.05) is 6.92 Å². The van der Waals surface area contributed by atoms with Crippen molar-refractivity contribution in [2.75, 3.05) is 26.2 Å². The van der Waals surface area contributed by atoms with Crippen molar-refractivity contribution in [3.63, 3.8) is 0 Å². The van der Waals surface area contributed by atoms with Crippen molar-refractivity contribution < 1.29 is 24.6 Å². The zero-order valence-electron chi connectivity index (χ0n) is 19.4. The normalized spacial score (nSPS) is 34.9. The van der Waals surface area contributed by atoms with Gasteiger partial charge in [0.15, 0.2) is 0 Å². The van der Waals surface area contributed by atoms with E-state index in [0.29, 0.717) is 43.3 Å². The third kappa shape index (κ3) is 4.04. The molecule has 0 saturated carbocycles. The minimum atomic E-state index is -1.13. The predicted molar refractivity (Wildman–Crippen MR) is 124 cm³/mol. The largest absolute Gasteiger partial charge is 0.477 e. The molecule has 182 valence electrons. The van der Waals surface area contributed by atoms with Crippen LogP contribution in [0, 0.1) is 17.2 Å². The average molecular weight is 480 g/mol. The van der Waals surface area contributed by atoms with Gasteiger partial charge in [-0.25, -0.2) is 4.79 Å². The number of thioether (sulfide) groups is 1. The molecule has 4 N–H and O–H groups in total. The molecule has 0 aliphatic carbocycles. The predicted octanol–water partition coefficient (Wildman–Crippen LogP) is 0.134. The summed E-state index contributed by atoms with van der Waals surface area (Å²) >= 11 is 1.45. The second-order valence-electron chi connectivity index (χ2n) is 9.62. The maximum Gasteiger partial charge on any atom is 0.353 e. The van der Waals surface area contributed by atoms with Gasteiger partial charge in [0.1, 0.15) is 5.70 Å². The number of piperazine rings is 1. The fraction of sp³-hybridized carbons (Fsp3) is 0.727. The average Bonchev–Trinajstić information content (AvgIpc) is 3.29. The van der Waals surface area contributed by atoms with Crippen LogP contribution in [0.1, 0.15) is 34.1 Å². The number of rotatable bonds is 5. The van der Waals surface area contributed by atoms with Crippen molar-refractivity contribution in [2.45, 2.75) is 63.6 Å². The van der Waals surface area contributed by atoms with Crippen LogP contribution in [-0.4, -0.2) is 104 Å². The van der Waals surface area contributed by atoms with Gasteiger partial charge < -0.3 is 30.2 Å². The molecular formula is C22H33N5O5S. The number of nitrogens with zero attached hydrogens (tertiary/aromatic N) is 3. The van der Waals surface area contributed by atoms with E-state index in [9.17, 15) is 24.6 Å². The fourth-order valence-corrected chi connectivity index (χ4v) is 7.19. The van der Waals surface area contributed by atoms with Crippen molar-refractivity contribution in [3.8, 4) is 0 Å². The SMILES string of the molecule is CC(=N)N1CCN(C(=O)C2CC(SC3=C(C(=O)O)N4C(=O)C(C(C)O)[C@@H]4C3C)CN2)CC1C. The van der Waals surface area contributed by atoms with Crippen LogP contribution in [0.25, 0.3) is 0 Å². The van der Waals surface area contributed by atoms with Crippen LogP contribution in [0.15, 0.2) is 10.6 Å². The summed E-state index contributed by atoms with van der Waals surface area (Å²) in [6, 6.07) is -0.553. The molecule has 0 aromatic rings. The van der Waals surface area contributed by atoms with E-state index in [1.54, 1.807) is 13.8 Å². The molecule has 2 amide bonds. The van der Waals surface area contributed by atoms with E-state index < -0.39 is 18.0 Å². The Labute approximate surface area is 197 Å². The van der Waals surface area contributed by atoms with Crippen LogP contribution in [0.5, 0.6) is 0 Å². The first-order valence-corrected chi connectivity index (χ1v) is 12.4. The van der Waals surface area contributed by atoms with E-state index in [4.69, 9.17) is 5.41 Å². The Balaban J connectivity index is 1.41. The summed E-state index contributed by atoms with van der Waals surface area (Å²) in [5.74, 6) is -1.65. The molecule has 4 aliphatic rings. The van der Waals surface area contributed by atoms with Crippen molar-refractivity contribution in [1.29, 1.82) is 5.41 Å². The molecule has 11 heteroatoms. The van der Waals surface area contributed by atoms with Crippen molar-refractivity contribution in [2.24, 2.45) is 11.8 Å². The molecule has 6 unspecified atom stereocenters. The molecule has 0 spiro atoms. The van der Waals surface area contributed by atoms with Gasteiger partial charge in [-0.15, -0.1) is 11.8 Å². The molecule has 4 heterocycles. The number of carboxylic acid groups (broad SMARTS) is 1. The summed E-state index contributed by atoms with van der Waals surface area (Å²) in [6.07, 6.45) is -0.237. The third-order valence-electron chi connectivity index (χ3n) is 7.36. The van der Waals surface area contributed by atoms with Crippen molar-refractivity contribution in [1.82, 2.24) is 20.0 Å². The molecule has 3 fully saturated rings. The number of β-lactam (4-membered cyclic amide) rings is 1. The summed E-state index contributed by atoms with van der Waals surface area (Å²) in [4.78, 5) is 43.5. The Hall–Kier alpha value is -2.11. The Kier molecular flexibility index (Phi) is 6.49. The first kappa shape index (κ1) is 24.0. The van der Waals surface area contributed by atoms with Crippen molar-refractivity contribution >= 4 is 35.4 Å². The number of hydrogen-bond donors (Lipinski definition) is 4. The first-order chi connectivity index (χ1) is 15.5. The summed E-state index contributed by atoms with van der Waals surface area (Å²) in [7, 11) is 0. The highest BCUT2D eigenvalue weighted by Crippen LogP contribution is 2.51. The summed E-state index contributed by atoms with van der Waals surface area (Å²) < 4.78 is 0. The lowest BCUT2D eigenvalue weighted by molar-refractivity contribution is -0.163. The lowest BCUT2D eigenvalue weighted by Crippen LogP contribution is -2.63. The van der Waals surface area contributed by atoms with Gasteiger partial charge in [0.25, 0.3) is 0 Å². The monoisotopic (exact) mass is 479 g/mol. The number of carboxylic acids is 1. The maximum absolute atomic E-state index is 13.1. The molecule has 33 heavy (non-hydrogen) atoms. The summed E-state index contributed by atoms with van der Waals surface area (Å²) in [6.45, 7) is 9.65. The van der Waals surface area contributed by atoms with Gasteiger partial charge in [0.2, 0.25) is 11.8 Å². The van der Waals surface area contributed by atoms with Crippen LogP contribution in [0.2, 0.25) is 0 Å². The lowest BCUT2D eigenvalue weighted by Gasteiger charge is -2.46. The van der Waals surface area contributed by atoms with Gasteiger partial charge in [-0.2, -0.15) is 0 Å². The standard InChI is InChI=1S/C22H33N5O5S/c1-10-9-25(5-6-26(10)13(4)23)20(29)15-7-14(8-24-15)33-19-11(2)17-16(12(3)28)21(30)27(17)18(19)22(31)32/h10-12,14-17,23-24,28H,5-9H2,1-4H3,(H,31,32)/t10?,11?,12?,14?,15?,16?,17-/m0/s1. The topological polar surface area (TPSA) is 137 Å². The van der Waals surface area contributed by atoms with Crippen LogP contribution in [-0.2, 0) is 14.4 Å². The van der Waals surface area contributed by atoms with Crippen LogP contribution >= 0.6 is 11.8 Å². The highest BCUT2D eigenvalue weighted by Gasteiger charge is 2.60. The van der Waals surface area contributed by atoms with Gasteiger partial charge in [0, 0.05) is 48.3 Å². The number of aliphatic hydroxyl groups is 1. The minimum Gasteiger partial charge on any atom is -0.477 e. The second-order valence-corrected chi connectivity index (χ2v) is 11.0. The van der Waals surface area contributed by atoms with E-state index in [1.807, 2.05) is 23.6 Å². The number of amidine groups is 1. The van der Waals surface area contributed by atoms with Gasteiger partial charge in [-0.3, -0.25) is 15.0 Å². The number of fused-ring (bicyclic) bond motifs is 1. The third-order valence-corrected chi connectivity index (χ3v) is 8.87. The quantitative estimate of drug-likeness (QED) is 0.248. The van der Waals surface area contributed by atoms with Crippen LogP contribution < -0.4 is 5.32 Å². The molecule has 0 bridgehead atoms. The maximum atomic E-state index is 13.1. The molecule has 7 atom stereocenters. The lowest BCUT2D eigenvalue weighted by atomic mass is 9.79. The summed E-state index contributed by atoms with van der Waals surface area (Å²) in [5.41, 5.74) is 0.0288. The smallest absolute Gasteiger partial charge is 0.353 e. The van der Waals surface area contributed by atoms with Crippen LogP contribution in [0.4, 0.5) is 0 Å². The van der Waals surface area contributed by atoms with Gasteiger partial charge in [0.05, 0.1) is 29.9 Å². The van der Waals surface area contributed by atoms with Gasteiger partial charge in [-0.05, 0) is 27.2 Å². The van der Waals surface area contributed by atoms with Crippen molar-refractivity contribution in [3.05, 3.63) is 10.6 Å². The molecule has 4 rings (SSSR count). The zero-order chi connectivity index (χ0) is 24.2. The fourth-order valence-electron chi connectivity index (χ4n) is 5.72. The Morgan fingerprint density at radius 3 is 2.55 bits per heavy atom. The van der Waals surface area contributed by atoms with E-state index in [1.165, 1.54) is 16.7 Å². The molecule has 0 aromatic heterocycles. The molecule has 4 aliphatic heterocycles. The molecular weight excluding hydrogens is 446 g/mol. The highest BCUT2D eigenvalue weighted by molar-refractivity contribution is 8.03. The molecule has 0 radical (unpaired) electrons. The Morgan fingerprint density at radius 2 is 1.97 bits per heavy atom. The number of nitrogens with one attached hydrogen (secondary N) is 2. The number of hydrogen-bond acceptors (Lipinski definition) is 7. The second kappa shape index (κ2) is 8.92. The number of carbonyl (C=O) groups excluding carboxylic acids is 2. The highest BCUT2D eigenvalue weighted by atomic mass is 32.2. The molecule has 3 saturated heterocycles. The van der Waals surface area contributed by atoms with E-state index in [2.05, 4.69) is 5.32 Å². The number of carbonyl (C=O) groups is 3. The van der Waals surface area contributed by atoms with Crippen LogP contribution in [0.3, 0.4) is 0 Å². The van der Waals surface area contributed by atoms with E-state index in [-0.39, 0.29) is 46.8 Å². The minimum absolute atomic E-state index is 0.0204. The zero-order valence-corrected chi connectivity index (χ0v) is 20.3. The first-order valence-electron chi connectivity index (χ1n) is 11.5. The molecule has 0 aromatic carbocycles. The number of amides is 2. The van der Waals surface area contributed by atoms with Gasteiger partial charge >= 0.3 is 5.97 Å². The Bertz CT molecular complexity index is 908. The number of aliphatic carboxylic acids is 1.